The zero-order valence-corrected chi connectivity index (χ0v) is 10.8. The van der Waals surface area contributed by atoms with Crippen molar-refractivity contribution in [2.24, 2.45) is 5.92 Å². The van der Waals surface area contributed by atoms with Gasteiger partial charge in [-0.2, -0.15) is 5.10 Å². The van der Waals surface area contributed by atoms with E-state index in [1.54, 1.807) is 0 Å². The SMILES string of the molecule is CC/C=C/C1CCN(c2ccc(C)nn2)CC1. The Morgan fingerprint density at radius 1 is 1.29 bits per heavy atom. The molecule has 17 heavy (non-hydrogen) atoms. The van der Waals surface area contributed by atoms with Crippen LogP contribution in [0.15, 0.2) is 24.3 Å². The highest BCUT2D eigenvalue weighted by atomic mass is 15.3. The Balaban J connectivity index is 1.90. The number of rotatable bonds is 3. The minimum atomic E-state index is 0.754. The van der Waals surface area contributed by atoms with E-state index >= 15 is 0 Å². The minimum absolute atomic E-state index is 0.754. The van der Waals surface area contributed by atoms with Crippen LogP contribution in [0, 0.1) is 12.8 Å². The molecule has 0 spiro atoms. The van der Waals surface area contributed by atoms with E-state index in [1.165, 1.54) is 12.8 Å². The molecule has 1 fully saturated rings. The average molecular weight is 231 g/mol. The molecule has 0 radical (unpaired) electrons. The van der Waals surface area contributed by atoms with Crippen molar-refractivity contribution in [2.45, 2.75) is 33.1 Å². The minimum Gasteiger partial charge on any atom is -0.355 e. The van der Waals surface area contributed by atoms with Crippen LogP contribution in [-0.4, -0.2) is 23.3 Å². The fourth-order valence-electron chi connectivity index (χ4n) is 2.21. The topological polar surface area (TPSA) is 29.0 Å². The highest BCUT2D eigenvalue weighted by molar-refractivity contribution is 5.37. The number of aryl methyl sites for hydroxylation is 1. The van der Waals surface area contributed by atoms with Crippen LogP contribution in [0.25, 0.3) is 0 Å². The molecule has 2 rings (SSSR count). The summed E-state index contributed by atoms with van der Waals surface area (Å²) in [4.78, 5) is 2.34. The lowest BCUT2D eigenvalue weighted by Crippen LogP contribution is -2.33. The van der Waals surface area contributed by atoms with E-state index in [0.29, 0.717) is 0 Å². The lowest BCUT2D eigenvalue weighted by atomic mass is 9.96. The Labute approximate surface area is 104 Å². The molecule has 0 aromatic carbocycles. The highest BCUT2D eigenvalue weighted by Crippen LogP contribution is 2.22. The first-order chi connectivity index (χ1) is 8.29. The van der Waals surface area contributed by atoms with Gasteiger partial charge in [0.1, 0.15) is 0 Å². The van der Waals surface area contributed by atoms with Crippen molar-refractivity contribution in [3.8, 4) is 0 Å². The van der Waals surface area contributed by atoms with E-state index < -0.39 is 0 Å². The van der Waals surface area contributed by atoms with Gasteiger partial charge in [-0.1, -0.05) is 19.1 Å². The van der Waals surface area contributed by atoms with E-state index in [0.717, 1.165) is 36.9 Å². The van der Waals surface area contributed by atoms with E-state index in [-0.39, 0.29) is 0 Å². The molecule has 3 heteroatoms. The Bertz CT molecular complexity index is 362. The number of anilines is 1. The molecular formula is C14H21N3. The lowest BCUT2D eigenvalue weighted by molar-refractivity contribution is 0.474. The average Bonchev–Trinajstić information content (AvgIpc) is 2.38. The largest absolute Gasteiger partial charge is 0.355 e. The van der Waals surface area contributed by atoms with Gasteiger partial charge in [0, 0.05) is 13.1 Å². The van der Waals surface area contributed by atoms with Crippen molar-refractivity contribution >= 4 is 5.82 Å². The second-order valence-corrected chi connectivity index (χ2v) is 4.69. The van der Waals surface area contributed by atoms with Gasteiger partial charge in [0.2, 0.25) is 0 Å². The first-order valence-corrected chi connectivity index (χ1v) is 6.51. The Morgan fingerprint density at radius 2 is 2.06 bits per heavy atom. The summed E-state index contributed by atoms with van der Waals surface area (Å²) >= 11 is 0. The molecule has 1 aliphatic heterocycles. The smallest absolute Gasteiger partial charge is 0.151 e. The number of hydrogen-bond acceptors (Lipinski definition) is 3. The van der Waals surface area contributed by atoms with Gasteiger partial charge >= 0.3 is 0 Å². The summed E-state index contributed by atoms with van der Waals surface area (Å²) in [6.45, 7) is 6.35. The fourth-order valence-corrected chi connectivity index (χ4v) is 2.21. The molecule has 0 aliphatic carbocycles. The van der Waals surface area contributed by atoms with Gasteiger partial charge in [0.15, 0.2) is 5.82 Å². The third-order valence-corrected chi connectivity index (χ3v) is 3.29. The van der Waals surface area contributed by atoms with Gasteiger partial charge < -0.3 is 4.90 Å². The molecule has 0 unspecified atom stereocenters. The second kappa shape index (κ2) is 5.80. The standard InChI is InChI=1S/C14H21N3/c1-3-4-5-13-8-10-17(11-9-13)14-7-6-12(2)15-16-14/h4-7,13H,3,8-11H2,1-2H3/b5-4+. The predicted molar refractivity (Wildman–Crippen MR) is 71.1 cm³/mol. The number of piperidine rings is 1. The number of allylic oxidation sites excluding steroid dienone is 2. The van der Waals surface area contributed by atoms with Gasteiger partial charge in [0.05, 0.1) is 5.69 Å². The summed E-state index contributed by atoms with van der Waals surface area (Å²) in [6, 6.07) is 4.11. The maximum atomic E-state index is 4.25. The van der Waals surface area contributed by atoms with E-state index in [9.17, 15) is 0 Å². The molecule has 1 saturated heterocycles. The molecule has 2 heterocycles. The van der Waals surface area contributed by atoms with Gasteiger partial charge in [-0.3, -0.25) is 0 Å². The summed E-state index contributed by atoms with van der Waals surface area (Å²) in [5, 5.41) is 8.36. The second-order valence-electron chi connectivity index (χ2n) is 4.69. The van der Waals surface area contributed by atoms with Crippen molar-refractivity contribution in [3.63, 3.8) is 0 Å². The molecule has 1 aromatic heterocycles. The third kappa shape index (κ3) is 3.29. The molecule has 1 aliphatic rings. The zero-order valence-electron chi connectivity index (χ0n) is 10.8. The maximum absolute atomic E-state index is 4.25. The molecule has 92 valence electrons. The molecule has 0 amide bonds. The molecule has 1 aromatic rings. The first-order valence-electron chi connectivity index (χ1n) is 6.51. The predicted octanol–water partition coefficient (Wildman–Crippen LogP) is 2.97. The van der Waals surface area contributed by atoms with Gasteiger partial charge in [-0.15, -0.1) is 5.10 Å². The highest BCUT2D eigenvalue weighted by Gasteiger charge is 2.18. The Morgan fingerprint density at radius 3 is 2.65 bits per heavy atom. The summed E-state index contributed by atoms with van der Waals surface area (Å²) < 4.78 is 0. The monoisotopic (exact) mass is 231 g/mol. The molecule has 0 bridgehead atoms. The van der Waals surface area contributed by atoms with Gasteiger partial charge in [-0.25, -0.2) is 0 Å². The number of nitrogens with zero attached hydrogens (tertiary/aromatic N) is 3. The van der Waals surface area contributed by atoms with Crippen LogP contribution >= 0.6 is 0 Å². The summed E-state index contributed by atoms with van der Waals surface area (Å²) in [5.74, 6) is 1.78. The molecule has 0 N–H and O–H groups in total. The molecule has 3 nitrogen and oxygen atoms in total. The van der Waals surface area contributed by atoms with Crippen LogP contribution in [0.4, 0.5) is 5.82 Å². The van der Waals surface area contributed by atoms with Crippen LogP contribution in [0.1, 0.15) is 31.9 Å². The van der Waals surface area contributed by atoms with Crippen LogP contribution in [0.5, 0.6) is 0 Å². The maximum Gasteiger partial charge on any atom is 0.151 e. The van der Waals surface area contributed by atoms with Gasteiger partial charge in [-0.05, 0) is 44.2 Å². The van der Waals surface area contributed by atoms with E-state index in [2.05, 4.69) is 40.2 Å². The van der Waals surface area contributed by atoms with E-state index in [1.807, 2.05) is 13.0 Å². The molecule has 0 saturated carbocycles. The van der Waals surface area contributed by atoms with Crippen LogP contribution in [0.2, 0.25) is 0 Å². The molecular weight excluding hydrogens is 210 g/mol. The van der Waals surface area contributed by atoms with E-state index in [4.69, 9.17) is 0 Å². The van der Waals surface area contributed by atoms with Crippen LogP contribution in [0.3, 0.4) is 0 Å². The zero-order chi connectivity index (χ0) is 12.1. The Kier molecular flexibility index (Phi) is 4.13. The fraction of sp³-hybridized carbons (Fsp3) is 0.571. The van der Waals surface area contributed by atoms with Crippen molar-refractivity contribution in [1.29, 1.82) is 0 Å². The van der Waals surface area contributed by atoms with Crippen molar-refractivity contribution in [1.82, 2.24) is 10.2 Å². The molecule has 0 atom stereocenters. The van der Waals surface area contributed by atoms with Crippen molar-refractivity contribution in [3.05, 3.63) is 30.0 Å². The number of aromatic nitrogens is 2. The lowest BCUT2D eigenvalue weighted by Gasteiger charge is -2.31. The van der Waals surface area contributed by atoms with Crippen LogP contribution in [-0.2, 0) is 0 Å². The summed E-state index contributed by atoms with van der Waals surface area (Å²) in [7, 11) is 0. The van der Waals surface area contributed by atoms with Crippen molar-refractivity contribution < 1.29 is 0 Å². The summed E-state index contributed by atoms with van der Waals surface area (Å²) in [6.07, 6.45) is 8.26. The van der Waals surface area contributed by atoms with Crippen molar-refractivity contribution in [2.75, 3.05) is 18.0 Å². The van der Waals surface area contributed by atoms with Gasteiger partial charge in [0.25, 0.3) is 0 Å². The Hall–Kier alpha value is -1.38. The first kappa shape index (κ1) is 12.1. The summed E-state index contributed by atoms with van der Waals surface area (Å²) in [5.41, 5.74) is 0.981. The normalized spacial score (nSPS) is 17.9. The quantitative estimate of drug-likeness (QED) is 0.749. The van der Waals surface area contributed by atoms with Crippen LogP contribution < -0.4 is 4.90 Å². The third-order valence-electron chi connectivity index (χ3n) is 3.29. The number of hydrogen-bond donors (Lipinski definition) is 0.